The van der Waals surface area contributed by atoms with Crippen LogP contribution in [0.15, 0.2) is 29.6 Å². The van der Waals surface area contributed by atoms with E-state index in [9.17, 15) is 4.79 Å². The van der Waals surface area contributed by atoms with Gasteiger partial charge in [0.2, 0.25) is 5.91 Å². The molecule has 2 heterocycles. The molecule has 23 heavy (non-hydrogen) atoms. The number of benzene rings is 1. The maximum atomic E-state index is 12.1. The zero-order valence-electron chi connectivity index (χ0n) is 12.8. The van der Waals surface area contributed by atoms with Crippen molar-refractivity contribution in [2.24, 2.45) is 0 Å². The molecule has 1 amide bonds. The third-order valence-corrected chi connectivity index (χ3v) is 5.06. The van der Waals surface area contributed by atoms with Crippen LogP contribution in [0.1, 0.15) is 16.3 Å². The van der Waals surface area contributed by atoms with Gasteiger partial charge < -0.3 is 11.1 Å². The van der Waals surface area contributed by atoms with E-state index < -0.39 is 0 Å². The number of hydrogen-bond donors (Lipinski definition) is 2. The molecular formula is C16H16N4OS2. The third-order valence-electron chi connectivity index (χ3n) is 3.20. The summed E-state index contributed by atoms with van der Waals surface area (Å²) in [5.41, 5.74) is 9.09. The summed E-state index contributed by atoms with van der Waals surface area (Å²) in [5, 5.41) is 6.39. The van der Waals surface area contributed by atoms with Crippen molar-refractivity contribution in [3.8, 4) is 10.6 Å². The van der Waals surface area contributed by atoms with Gasteiger partial charge in [-0.15, -0.1) is 22.7 Å². The predicted molar refractivity (Wildman–Crippen MR) is 95.9 cm³/mol. The molecule has 0 unspecified atom stereocenters. The van der Waals surface area contributed by atoms with Crippen LogP contribution >= 0.6 is 22.7 Å². The molecule has 0 aliphatic carbocycles. The minimum Gasteiger partial charge on any atom is -0.399 e. The molecule has 0 saturated carbocycles. The lowest BCUT2D eigenvalue weighted by atomic mass is 10.1. The number of amides is 1. The van der Waals surface area contributed by atoms with Crippen molar-refractivity contribution in [3.63, 3.8) is 0 Å². The van der Waals surface area contributed by atoms with Crippen LogP contribution in [0.4, 0.5) is 10.8 Å². The number of nitrogens with zero attached hydrogens (tertiary/aromatic N) is 2. The molecular weight excluding hydrogens is 328 g/mol. The van der Waals surface area contributed by atoms with Crippen LogP contribution in [-0.2, 0) is 11.2 Å². The molecule has 7 heteroatoms. The number of nitrogens with one attached hydrogen (secondary N) is 1. The summed E-state index contributed by atoms with van der Waals surface area (Å²) in [6, 6.07) is 7.32. The van der Waals surface area contributed by atoms with Gasteiger partial charge in [0.25, 0.3) is 0 Å². The van der Waals surface area contributed by atoms with E-state index in [0.717, 1.165) is 26.8 Å². The first kappa shape index (κ1) is 15.6. The molecule has 0 saturated heterocycles. The summed E-state index contributed by atoms with van der Waals surface area (Å²) < 4.78 is 0. The number of anilines is 2. The highest BCUT2D eigenvalue weighted by Gasteiger charge is 2.13. The van der Waals surface area contributed by atoms with Gasteiger partial charge in [0.15, 0.2) is 5.13 Å². The summed E-state index contributed by atoms with van der Waals surface area (Å²) in [7, 11) is 0. The highest BCUT2D eigenvalue weighted by molar-refractivity contribution is 7.16. The first-order valence-electron chi connectivity index (χ1n) is 7.05. The number of aryl methyl sites for hydroxylation is 2. The van der Waals surface area contributed by atoms with E-state index in [2.05, 4.69) is 15.3 Å². The van der Waals surface area contributed by atoms with Gasteiger partial charge in [-0.05, 0) is 31.5 Å². The fourth-order valence-electron chi connectivity index (χ4n) is 2.26. The molecule has 0 radical (unpaired) electrons. The quantitative estimate of drug-likeness (QED) is 0.708. The lowest BCUT2D eigenvalue weighted by Crippen LogP contribution is -2.14. The van der Waals surface area contributed by atoms with Crippen LogP contribution in [-0.4, -0.2) is 15.9 Å². The Hall–Kier alpha value is -2.25. The molecule has 0 spiro atoms. The van der Waals surface area contributed by atoms with Crippen molar-refractivity contribution in [2.45, 2.75) is 20.3 Å². The van der Waals surface area contributed by atoms with Crippen molar-refractivity contribution in [3.05, 3.63) is 45.9 Å². The second kappa shape index (κ2) is 6.47. The number of carbonyl (C=O) groups excluding carboxylic acids is 1. The Kier molecular flexibility index (Phi) is 4.40. The molecule has 118 valence electrons. The van der Waals surface area contributed by atoms with Crippen LogP contribution in [0.25, 0.3) is 10.6 Å². The van der Waals surface area contributed by atoms with Crippen molar-refractivity contribution in [1.29, 1.82) is 0 Å². The first-order chi connectivity index (χ1) is 11.0. The van der Waals surface area contributed by atoms with E-state index in [1.807, 2.05) is 31.4 Å². The Labute approximate surface area is 142 Å². The maximum absolute atomic E-state index is 12.1. The normalized spacial score (nSPS) is 10.7. The molecule has 0 aliphatic rings. The number of aromatic nitrogens is 2. The largest absolute Gasteiger partial charge is 0.399 e. The topological polar surface area (TPSA) is 80.9 Å². The number of nitrogens with two attached hydrogens (primary N) is 1. The monoisotopic (exact) mass is 344 g/mol. The van der Waals surface area contributed by atoms with E-state index in [0.29, 0.717) is 10.8 Å². The van der Waals surface area contributed by atoms with Gasteiger partial charge >= 0.3 is 0 Å². The van der Waals surface area contributed by atoms with Gasteiger partial charge in [0.1, 0.15) is 0 Å². The van der Waals surface area contributed by atoms with Gasteiger partial charge in [0.05, 0.1) is 27.7 Å². The predicted octanol–water partition coefficient (Wildman–Crippen LogP) is 3.65. The first-order valence-corrected chi connectivity index (χ1v) is 8.75. The van der Waals surface area contributed by atoms with Crippen molar-refractivity contribution >= 4 is 39.4 Å². The lowest BCUT2D eigenvalue weighted by molar-refractivity contribution is -0.115. The molecule has 0 atom stereocenters. The van der Waals surface area contributed by atoms with Crippen LogP contribution in [0, 0.1) is 13.8 Å². The number of carbonyl (C=O) groups is 1. The Morgan fingerprint density at radius 2 is 2.13 bits per heavy atom. The minimum atomic E-state index is -0.103. The highest BCUT2D eigenvalue weighted by atomic mass is 32.1. The second-order valence-corrected chi connectivity index (χ2v) is 7.22. The second-order valence-electron chi connectivity index (χ2n) is 5.16. The van der Waals surface area contributed by atoms with Crippen molar-refractivity contribution in [1.82, 2.24) is 9.97 Å². The SMILES string of the molecule is Cc1nc(C)c(-c2csc(NC(=O)Cc3cccc(N)c3)n2)s1. The number of hydrogen-bond acceptors (Lipinski definition) is 6. The molecule has 0 aliphatic heterocycles. The maximum Gasteiger partial charge on any atom is 0.230 e. The molecule has 3 rings (SSSR count). The Morgan fingerprint density at radius 1 is 1.30 bits per heavy atom. The Morgan fingerprint density at radius 3 is 2.83 bits per heavy atom. The number of nitrogen functional groups attached to an aromatic ring is 1. The van der Waals surface area contributed by atoms with Crippen LogP contribution in [0.2, 0.25) is 0 Å². The lowest BCUT2D eigenvalue weighted by Gasteiger charge is -2.03. The zero-order chi connectivity index (χ0) is 16.4. The highest BCUT2D eigenvalue weighted by Crippen LogP contribution is 2.32. The molecule has 0 bridgehead atoms. The van der Waals surface area contributed by atoms with E-state index >= 15 is 0 Å². The number of thiazole rings is 2. The zero-order valence-corrected chi connectivity index (χ0v) is 14.4. The average Bonchev–Trinajstić information content (AvgIpc) is 3.05. The van der Waals surface area contributed by atoms with E-state index in [1.54, 1.807) is 23.5 Å². The van der Waals surface area contributed by atoms with Crippen molar-refractivity contribution < 1.29 is 4.79 Å². The summed E-state index contributed by atoms with van der Waals surface area (Å²) >= 11 is 3.03. The summed E-state index contributed by atoms with van der Waals surface area (Å²) in [5.74, 6) is -0.103. The Balaban J connectivity index is 1.69. The summed E-state index contributed by atoms with van der Waals surface area (Å²) in [4.78, 5) is 22.1. The smallest absolute Gasteiger partial charge is 0.230 e. The molecule has 3 N–H and O–H groups in total. The fourth-order valence-corrected chi connectivity index (χ4v) is 3.93. The van der Waals surface area contributed by atoms with E-state index in [4.69, 9.17) is 5.73 Å². The van der Waals surface area contributed by atoms with Crippen molar-refractivity contribution in [2.75, 3.05) is 11.1 Å². The van der Waals surface area contributed by atoms with Gasteiger partial charge in [-0.1, -0.05) is 12.1 Å². The molecule has 2 aromatic heterocycles. The molecule has 5 nitrogen and oxygen atoms in total. The standard InChI is InChI=1S/C16H16N4OS2/c1-9-15(23-10(2)18-9)13-8-22-16(19-13)20-14(21)7-11-4-3-5-12(17)6-11/h3-6,8H,7,17H2,1-2H3,(H,19,20,21). The minimum absolute atomic E-state index is 0.103. The van der Waals surface area contributed by atoms with E-state index in [-0.39, 0.29) is 12.3 Å². The fraction of sp³-hybridized carbons (Fsp3) is 0.188. The van der Waals surface area contributed by atoms with Crippen LogP contribution in [0.5, 0.6) is 0 Å². The third kappa shape index (κ3) is 3.75. The summed E-state index contributed by atoms with van der Waals surface area (Å²) in [6.07, 6.45) is 0.276. The van der Waals surface area contributed by atoms with Gasteiger partial charge in [-0.25, -0.2) is 9.97 Å². The van der Waals surface area contributed by atoms with Gasteiger partial charge in [0, 0.05) is 11.1 Å². The number of rotatable bonds is 4. The van der Waals surface area contributed by atoms with E-state index in [1.165, 1.54) is 11.3 Å². The average molecular weight is 344 g/mol. The molecule has 1 aromatic carbocycles. The summed E-state index contributed by atoms with van der Waals surface area (Å²) in [6.45, 7) is 3.94. The van der Waals surface area contributed by atoms with Crippen LogP contribution < -0.4 is 11.1 Å². The van der Waals surface area contributed by atoms with Crippen LogP contribution in [0.3, 0.4) is 0 Å². The van der Waals surface area contributed by atoms with Gasteiger partial charge in [-0.3, -0.25) is 4.79 Å². The molecule has 0 fully saturated rings. The van der Waals surface area contributed by atoms with Gasteiger partial charge in [-0.2, -0.15) is 0 Å². The Bertz CT molecular complexity index is 853. The molecule has 3 aromatic rings.